The van der Waals surface area contributed by atoms with Gasteiger partial charge >= 0.3 is 0 Å². The summed E-state index contributed by atoms with van der Waals surface area (Å²) in [5.74, 6) is 1.11. The monoisotopic (exact) mass is 205 g/mol. The molecule has 1 aliphatic rings. The van der Waals surface area contributed by atoms with Crippen LogP contribution in [0, 0.1) is 0 Å². The highest BCUT2D eigenvalue weighted by atomic mass is 15.2. The van der Waals surface area contributed by atoms with Crippen LogP contribution in [-0.2, 0) is 0 Å². The van der Waals surface area contributed by atoms with E-state index in [9.17, 15) is 0 Å². The van der Waals surface area contributed by atoms with E-state index in [0.717, 1.165) is 25.5 Å². The molecule has 0 radical (unpaired) electrons. The molecule has 0 saturated carbocycles. The molecule has 15 heavy (non-hydrogen) atoms. The molecule has 0 spiro atoms. The number of pyridine rings is 1. The van der Waals surface area contributed by atoms with Gasteiger partial charge in [-0.05, 0) is 31.5 Å². The van der Waals surface area contributed by atoms with Crippen LogP contribution in [0.2, 0.25) is 0 Å². The third-order valence-electron chi connectivity index (χ3n) is 2.89. The normalized spacial score (nSPS) is 21.7. The molecule has 3 nitrogen and oxygen atoms in total. The maximum absolute atomic E-state index is 4.40. The number of nitrogens with one attached hydrogen (secondary N) is 1. The Morgan fingerprint density at radius 2 is 2.47 bits per heavy atom. The maximum Gasteiger partial charge on any atom is 0.128 e. The molecule has 1 fully saturated rings. The number of nitrogens with zero attached hydrogens (tertiary/aromatic N) is 2. The van der Waals surface area contributed by atoms with Gasteiger partial charge in [-0.3, -0.25) is 0 Å². The first kappa shape index (κ1) is 10.4. The highest BCUT2D eigenvalue weighted by molar-refractivity contribution is 5.38. The molecular formula is C12H19N3. The Morgan fingerprint density at radius 1 is 1.53 bits per heavy atom. The van der Waals surface area contributed by atoms with Crippen LogP contribution in [-0.4, -0.2) is 30.7 Å². The number of piperidine rings is 1. The lowest BCUT2D eigenvalue weighted by atomic mass is 10.1. The topological polar surface area (TPSA) is 28.2 Å². The minimum Gasteiger partial charge on any atom is -0.355 e. The summed E-state index contributed by atoms with van der Waals surface area (Å²) in [5, 5.41) is 3.51. The fourth-order valence-corrected chi connectivity index (χ4v) is 2.18. The van der Waals surface area contributed by atoms with Crippen molar-refractivity contribution in [3.8, 4) is 0 Å². The molecular weight excluding hydrogens is 186 g/mol. The third-order valence-corrected chi connectivity index (χ3v) is 2.89. The van der Waals surface area contributed by atoms with Crippen molar-refractivity contribution in [1.29, 1.82) is 0 Å². The molecule has 0 amide bonds. The Hall–Kier alpha value is -1.09. The molecule has 0 aromatic carbocycles. The molecule has 0 aliphatic carbocycles. The van der Waals surface area contributed by atoms with Gasteiger partial charge in [0.15, 0.2) is 0 Å². The SMILES string of the molecule is CCNC1CCCN(c2ccccn2)C1. The van der Waals surface area contributed by atoms with Gasteiger partial charge in [0.1, 0.15) is 5.82 Å². The summed E-state index contributed by atoms with van der Waals surface area (Å²) in [4.78, 5) is 6.77. The van der Waals surface area contributed by atoms with E-state index in [4.69, 9.17) is 0 Å². The summed E-state index contributed by atoms with van der Waals surface area (Å²) in [7, 11) is 0. The minimum absolute atomic E-state index is 0.630. The standard InChI is InChI=1S/C12H19N3/c1-2-13-11-6-5-9-15(10-11)12-7-3-4-8-14-12/h3-4,7-8,11,13H,2,5-6,9-10H2,1H3. The second-order valence-electron chi connectivity index (χ2n) is 4.03. The van der Waals surface area contributed by atoms with Crippen LogP contribution in [0.1, 0.15) is 19.8 Å². The number of hydrogen-bond acceptors (Lipinski definition) is 3. The smallest absolute Gasteiger partial charge is 0.128 e. The first-order valence-electron chi connectivity index (χ1n) is 5.79. The van der Waals surface area contributed by atoms with Crippen molar-refractivity contribution in [2.24, 2.45) is 0 Å². The van der Waals surface area contributed by atoms with E-state index in [1.165, 1.54) is 12.8 Å². The largest absolute Gasteiger partial charge is 0.355 e. The van der Waals surface area contributed by atoms with Crippen LogP contribution in [0.5, 0.6) is 0 Å². The average molecular weight is 205 g/mol. The third kappa shape index (κ3) is 2.69. The fraction of sp³-hybridized carbons (Fsp3) is 0.583. The molecule has 1 saturated heterocycles. The molecule has 82 valence electrons. The van der Waals surface area contributed by atoms with Gasteiger partial charge in [0.2, 0.25) is 0 Å². The second-order valence-corrected chi connectivity index (χ2v) is 4.03. The van der Waals surface area contributed by atoms with Crippen LogP contribution >= 0.6 is 0 Å². The zero-order valence-electron chi connectivity index (χ0n) is 9.32. The van der Waals surface area contributed by atoms with Gasteiger partial charge in [0.05, 0.1) is 0 Å². The number of hydrogen-bond donors (Lipinski definition) is 1. The van der Waals surface area contributed by atoms with Crippen LogP contribution in [0.3, 0.4) is 0 Å². The number of likely N-dealkylation sites (N-methyl/N-ethyl adjacent to an activating group) is 1. The highest BCUT2D eigenvalue weighted by Gasteiger charge is 2.19. The molecule has 1 N–H and O–H groups in total. The van der Waals surface area contributed by atoms with Crippen LogP contribution < -0.4 is 10.2 Å². The highest BCUT2D eigenvalue weighted by Crippen LogP contribution is 2.16. The lowest BCUT2D eigenvalue weighted by Gasteiger charge is -2.33. The quantitative estimate of drug-likeness (QED) is 0.813. The van der Waals surface area contributed by atoms with Gasteiger partial charge < -0.3 is 10.2 Å². The van der Waals surface area contributed by atoms with Crippen LogP contribution in [0.4, 0.5) is 5.82 Å². The van der Waals surface area contributed by atoms with Gasteiger partial charge in [-0.1, -0.05) is 13.0 Å². The number of anilines is 1. The predicted molar refractivity (Wildman–Crippen MR) is 63.1 cm³/mol. The van der Waals surface area contributed by atoms with Crippen LogP contribution in [0.15, 0.2) is 24.4 Å². The molecule has 2 heterocycles. The van der Waals surface area contributed by atoms with Crippen molar-refractivity contribution in [3.63, 3.8) is 0 Å². The van der Waals surface area contributed by atoms with Crippen LogP contribution in [0.25, 0.3) is 0 Å². The molecule has 1 aromatic heterocycles. The summed E-state index contributed by atoms with van der Waals surface area (Å²) in [6.07, 6.45) is 4.41. The number of rotatable bonds is 3. The summed E-state index contributed by atoms with van der Waals surface area (Å²) >= 11 is 0. The molecule has 1 atom stereocenters. The van der Waals surface area contributed by atoms with E-state index in [-0.39, 0.29) is 0 Å². The molecule has 2 rings (SSSR count). The average Bonchev–Trinajstić information content (AvgIpc) is 2.31. The second kappa shape index (κ2) is 5.12. The Labute approximate surface area is 91.5 Å². The lowest BCUT2D eigenvalue weighted by molar-refractivity contribution is 0.429. The van der Waals surface area contributed by atoms with E-state index in [1.54, 1.807) is 0 Å². The first-order chi connectivity index (χ1) is 7.40. The molecule has 0 bridgehead atoms. The summed E-state index contributed by atoms with van der Waals surface area (Å²) in [6, 6.07) is 6.74. The zero-order chi connectivity index (χ0) is 10.5. The van der Waals surface area contributed by atoms with Gasteiger partial charge in [0.25, 0.3) is 0 Å². The summed E-state index contributed by atoms with van der Waals surface area (Å²) < 4.78 is 0. The Bertz CT molecular complexity index is 284. The number of aromatic nitrogens is 1. The fourth-order valence-electron chi connectivity index (χ4n) is 2.18. The zero-order valence-corrected chi connectivity index (χ0v) is 9.32. The Kier molecular flexibility index (Phi) is 3.56. The molecule has 1 aliphatic heterocycles. The van der Waals surface area contributed by atoms with Gasteiger partial charge in [-0.15, -0.1) is 0 Å². The van der Waals surface area contributed by atoms with Crippen molar-refractivity contribution in [3.05, 3.63) is 24.4 Å². The van der Waals surface area contributed by atoms with E-state index in [2.05, 4.69) is 34.3 Å². The minimum atomic E-state index is 0.630. The summed E-state index contributed by atoms with van der Waals surface area (Å²) in [6.45, 7) is 5.45. The van der Waals surface area contributed by atoms with E-state index >= 15 is 0 Å². The van der Waals surface area contributed by atoms with Gasteiger partial charge in [0, 0.05) is 25.3 Å². The van der Waals surface area contributed by atoms with Crippen molar-refractivity contribution in [1.82, 2.24) is 10.3 Å². The van der Waals surface area contributed by atoms with E-state index < -0.39 is 0 Å². The molecule has 3 heteroatoms. The van der Waals surface area contributed by atoms with Gasteiger partial charge in [-0.25, -0.2) is 4.98 Å². The van der Waals surface area contributed by atoms with Crippen molar-refractivity contribution in [2.75, 3.05) is 24.5 Å². The molecule has 1 unspecified atom stereocenters. The lowest BCUT2D eigenvalue weighted by Crippen LogP contribution is -2.45. The van der Waals surface area contributed by atoms with Gasteiger partial charge in [-0.2, -0.15) is 0 Å². The first-order valence-corrected chi connectivity index (χ1v) is 5.79. The molecule has 1 aromatic rings. The van der Waals surface area contributed by atoms with Crippen molar-refractivity contribution < 1.29 is 0 Å². The van der Waals surface area contributed by atoms with Crippen molar-refractivity contribution in [2.45, 2.75) is 25.8 Å². The maximum atomic E-state index is 4.40. The van der Waals surface area contributed by atoms with E-state index in [1.807, 2.05) is 12.3 Å². The summed E-state index contributed by atoms with van der Waals surface area (Å²) in [5.41, 5.74) is 0. The Morgan fingerprint density at radius 3 is 3.20 bits per heavy atom. The van der Waals surface area contributed by atoms with E-state index in [0.29, 0.717) is 6.04 Å². The Balaban J connectivity index is 1.98. The van der Waals surface area contributed by atoms with Crippen molar-refractivity contribution >= 4 is 5.82 Å². The predicted octanol–water partition coefficient (Wildman–Crippen LogP) is 1.66.